The summed E-state index contributed by atoms with van der Waals surface area (Å²) < 4.78 is 10.5. The van der Waals surface area contributed by atoms with Gasteiger partial charge in [0.15, 0.2) is 11.8 Å². The number of anilines is 1. The number of esters is 1. The van der Waals surface area contributed by atoms with Gasteiger partial charge in [-0.25, -0.2) is 4.79 Å². The number of aromatic nitrogens is 3. The molecule has 0 unspecified atom stereocenters. The highest BCUT2D eigenvalue weighted by Gasteiger charge is 2.24. The Morgan fingerprint density at radius 3 is 2.50 bits per heavy atom. The van der Waals surface area contributed by atoms with Crippen LogP contribution in [0.2, 0.25) is 0 Å². The minimum absolute atomic E-state index is 0.0620. The predicted molar refractivity (Wildman–Crippen MR) is 112 cm³/mol. The molecule has 3 rings (SSSR count). The molecule has 0 saturated carbocycles. The molecule has 0 spiro atoms. The molecule has 0 aliphatic carbocycles. The van der Waals surface area contributed by atoms with Gasteiger partial charge >= 0.3 is 5.97 Å². The predicted octanol–water partition coefficient (Wildman–Crippen LogP) is 3.39. The smallest absolute Gasteiger partial charge is 0.361 e. The van der Waals surface area contributed by atoms with Crippen molar-refractivity contribution in [3.63, 3.8) is 0 Å². The fraction of sp³-hybridized carbons (Fsp3) is 0.273. The van der Waals surface area contributed by atoms with E-state index in [9.17, 15) is 9.59 Å². The second-order valence-corrected chi connectivity index (χ2v) is 6.95. The highest BCUT2D eigenvalue weighted by molar-refractivity contribution is 5.97. The highest BCUT2D eigenvalue weighted by Crippen LogP contribution is 2.23. The van der Waals surface area contributed by atoms with Crippen molar-refractivity contribution in [3.8, 4) is 11.4 Å². The van der Waals surface area contributed by atoms with Crippen molar-refractivity contribution in [1.29, 1.82) is 0 Å². The van der Waals surface area contributed by atoms with Crippen LogP contribution in [-0.4, -0.2) is 40.1 Å². The summed E-state index contributed by atoms with van der Waals surface area (Å²) in [6.07, 6.45) is -1.03. The Labute approximate surface area is 174 Å². The van der Waals surface area contributed by atoms with Gasteiger partial charge in [-0.05, 0) is 51.5 Å². The van der Waals surface area contributed by atoms with Crippen LogP contribution in [0.1, 0.15) is 34.2 Å². The van der Waals surface area contributed by atoms with Crippen LogP contribution in [0.3, 0.4) is 0 Å². The van der Waals surface area contributed by atoms with E-state index in [1.54, 1.807) is 31.2 Å². The van der Waals surface area contributed by atoms with Gasteiger partial charge in [-0.2, -0.15) is 9.90 Å². The number of carbonyl (C=O) groups is 2. The third-order valence-electron chi connectivity index (χ3n) is 4.56. The molecule has 0 saturated heterocycles. The van der Waals surface area contributed by atoms with Gasteiger partial charge in [0.25, 0.3) is 5.91 Å². The number of hydrogen-bond donors (Lipinski definition) is 1. The van der Waals surface area contributed by atoms with Gasteiger partial charge in [0.1, 0.15) is 5.75 Å². The van der Waals surface area contributed by atoms with E-state index in [0.29, 0.717) is 17.1 Å². The molecule has 0 aliphatic rings. The molecule has 30 heavy (non-hydrogen) atoms. The zero-order valence-electron chi connectivity index (χ0n) is 17.6. The molecular formula is C22H24N4O4. The fourth-order valence-electron chi connectivity index (χ4n) is 2.96. The molecule has 0 aliphatic heterocycles. The van der Waals surface area contributed by atoms with Crippen molar-refractivity contribution < 1.29 is 19.1 Å². The maximum atomic E-state index is 12.6. The first-order valence-electron chi connectivity index (χ1n) is 9.46. The van der Waals surface area contributed by atoms with E-state index >= 15 is 0 Å². The number of aryl methyl sites for hydroxylation is 3. The average molecular weight is 408 g/mol. The number of nitrogens with one attached hydrogen (secondary N) is 1. The average Bonchev–Trinajstić information content (AvgIpc) is 3.09. The molecule has 2 aromatic carbocycles. The van der Waals surface area contributed by atoms with Crippen molar-refractivity contribution in [2.24, 2.45) is 0 Å². The Morgan fingerprint density at radius 1 is 1.07 bits per heavy atom. The summed E-state index contributed by atoms with van der Waals surface area (Å²) in [5.41, 5.74) is 3.84. The quantitative estimate of drug-likeness (QED) is 0.628. The summed E-state index contributed by atoms with van der Waals surface area (Å²) in [6.45, 7) is 7.11. The molecular weight excluding hydrogens is 384 g/mol. The summed E-state index contributed by atoms with van der Waals surface area (Å²) in [7, 11) is 1.51. The van der Waals surface area contributed by atoms with Gasteiger partial charge in [0.05, 0.1) is 24.2 Å². The monoisotopic (exact) mass is 408 g/mol. The van der Waals surface area contributed by atoms with E-state index in [2.05, 4.69) is 15.5 Å². The number of carbonyl (C=O) groups excluding carboxylic acids is 2. The Morgan fingerprint density at radius 2 is 1.80 bits per heavy atom. The summed E-state index contributed by atoms with van der Waals surface area (Å²) in [4.78, 5) is 26.5. The first-order valence-corrected chi connectivity index (χ1v) is 9.46. The normalized spacial score (nSPS) is 11.6. The molecule has 0 fully saturated rings. The lowest BCUT2D eigenvalue weighted by molar-refractivity contribution is -0.123. The van der Waals surface area contributed by atoms with E-state index in [1.165, 1.54) is 18.8 Å². The summed E-state index contributed by atoms with van der Waals surface area (Å²) in [5.74, 6) is -0.685. The van der Waals surface area contributed by atoms with E-state index in [0.717, 1.165) is 16.8 Å². The van der Waals surface area contributed by atoms with Gasteiger partial charge in [-0.15, -0.1) is 5.10 Å². The van der Waals surface area contributed by atoms with Crippen LogP contribution in [-0.2, 0) is 9.53 Å². The van der Waals surface area contributed by atoms with Crippen LogP contribution < -0.4 is 10.1 Å². The lowest BCUT2D eigenvalue weighted by atomic mass is 10.1. The minimum atomic E-state index is -1.03. The summed E-state index contributed by atoms with van der Waals surface area (Å²) in [5, 5.41) is 11.3. The molecule has 8 nitrogen and oxygen atoms in total. The van der Waals surface area contributed by atoms with Crippen LogP contribution in [0.25, 0.3) is 5.69 Å². The molecule has 8 heteroatoms. The lowest BCUT2D eigenvalue weighted by Gasteiger charge is -2.14. The Bertz CT molecular complexity index is 1090. The Hall–Kier alpha value is -3.68. The van der Waals surface area contributed by atoms with Crippen molar-refractivity contribution in [2.75, 3.05) is 12.4 Å². The van der Waals surface area contributed by atoms with Crippen LogP contribution in [0.5, 0.6) is 5.75 Å². The molecule has 0 radical (unpaired) electrons. The van der Waals surface area contributed by atoms with Gasteiger partial charge in [-0.1, -0.05) is 29.8 Å². The van der Waals surface area contributed by atoms with Gasteiger partial charge < -0.3 is 14.8 Å². The van der Waals surface area contributed by atoms with Crippen molar-refractivity contribution in [1.82, 2.24) is 15.0 Å². The summed E-state index contributed by atoms with van der Waals surface area (Å²) in [6, 6.07) is 12.8. The third-order valence-corrected chi connectivity index (χ3v) is 4.56. The molecule has 1 heterocycles. The molecule has 156 valence electrons. The third kappa shape index (κ3) is 4.48. The van der Waals surface area contributed by atoms with Crippen LogP contribution >= 0.6 is 0 Å². The van der Waals surface area contributed by atoms with Crippen LogP contribution in [0.15, 0.2) is 42.5 Å². The number of benzene rings is 2. The van der Waals surface area contributed by atoms with Crippen molar-refractivity contribution >= 4 is 17.6 Å². The second kappa shape index (κ2) is 8.77. The largest absolute Gasteiger partial charge is 0.495 e. The van der Waals surface area contributed by atoms with E-state index in [4.69, 9.17) is 9.47 Å². The molecule has 1 aromatic heterocycles. The second-order valence-electron chi connectivity index (χ2n) is 6.95. The number of para-hydroxylation sites is 2. The maximum absolute atomic E-state index is 12.6. The number of rotatable bonds is 6. The molecule has 0 bridgehead atoms. The van der Waals surface area contributed by atoms with Crippen LogP contribution in [0.4, 0.5) is 5.69 Å². The van der Waals surface area contributed by atoms with Gasteiger partial charge in [-0.3, -0.25) is 4.79 Å². The Kier molecular flexibility index (Phi) is 6.15. The lowest BCUT2D eigenvalue weighted by Crippen LogP contribution is -2.30. The zero-order valence-corrected chi connectivity index (χ0v) is 17.6. The van der Waals surface area contributed by atoms with E-state index in [1.807, 2.05) is 32.0 Å². The first kappa shape index (κ1) is 21.0. The number of nitrogens with zero attached hydrogens (tertiary/aromatic N) is 3. The molecule has 1 amide bonds. The number of amides is 1. The van der Waals surface area contributed by atoms with E-state index in [-0.39, 0.29) is 5.69 Å². The maximum Gasteiger partial charge on any atom is 0.361 e. The standard InChI is InChI=1S/C22H24N4O4/c1-13-10-11-18(14(2)12-13)26-24-15(3)20(25-26)22(28)30-16(4)21(27)23-17-8-6-7-9-19(17)29-5/h6-12,16H,1-5H3,(H,23,27)/t16-/m1/s1. The van der Waals surface area contributed by atoms with Gasteiger partial charge in [0, 0.05) is 0 Å². The van der Waals surface area contributed by atoms with Gasteiger partial charge in [0.2, 0.25) is 0 Å². The van der Waals surface area contributed by atoms with Crippen molar-refractivity contribution in [2.45, 2.75) is 33.8 Å². The topological polar surface area (TPSA) is 95.3 Å². The summed E-state index contributed by atoms with van der Waals surface area (Å²) >= 11 is 0. The highest BCUT2D eigenvalue weighted by atomic mass is 16.5. The zero-order chi connectivity index (χ0) is 21.8. The molecule has 1 N–H and O–H groups in total. The van der Waals surface area contributed by atoms with Crippen LogP contribution in [0, 0.1) is 20.8 Å². The molecule has 1 atom stereocenters. The van der Waals surface area contributed by atoms with Crippen molar-refractivity contribution in [3.05, 3.63) is 65.0 Å². The Balaban J connectivity index is 1.72. The van der Waals surface area contributed by atoms with E-state index < -0.39 is 18.0 Å². The first-order chi connectivity index (χ1) is 14.3. The molecule has 3 aromatic rings. The minimum Gasteiger partial charge on any atom is -0.495 e. The number of ether oxygens (including phenoxy) is 2. The number of methoxy groups -OCH3 is 1. The SMILES string of the molecule is COc1ccccc1NC(=O)[C@@H](C)OC(=O)c1nn(-c2ccc(C)cc2C)nc1C. The number of hydrogen-bond acceptors (Lipinski definition) is 6. The fourth-order valence-corrected chi connectivity index (χ4v) is 2.96.